The van der Waals surface area contributed by atoms with Crippen LogP contribution in [0.15, 0.2) is 24.3 Å². The first-order valence-corrected chi connectivity index (χ1v) is 6.75. The van der Waals surface area contributed by atoms with Crippen molar-refractivity contribution in [2.24, 2.45) is 5.92 Å². The summed E-state index contributed by atoms with van der Waals surface area (Å²) in [6, 6.07) is 7.00. The van der Waals surface area contributed by atoms with Gasteiger partial charge in [0.25, 0.3) is 0 Å². The van der Waals surface area contributed by atoms with E-state index in [0.29, 0.717) is 31.0 Å². The molecule has 0 radical (unpaired) electrons. The summed E-state index contributed by atoms with van der Waals surface area (Å²) in [6.45, 7) is 3.47. The first-order chi connectivity index (χ1) is 9.69. The van der Waals surface area contributed by atoms with Gasteiger partial charge >= 0.3 is 5.97 Å². The van der Waals surface area contributed by atoms with Crippen LogP contribution in [0.4, 0.5) is 5.69 Å². The summed E-state index contributed by atoms with van der Waals surface area (Å²) in [5.74, 6) is -0.559. The van der Waals surface area contributed by atoms with Gasteiger partial charge < -0.3 is 14.4 Å². The Labute approximate surface area is 118 Å². The summed E-state index contributed by atoms with van der Waals surface area (Å²) in [4.78, 5) is 26.0. The highest BCUT2D eigenvalue weighted by atomic mass is 16.5. The Balaban J connectivity index is 2.31. The lowest BCUT2D eigenvalue weighted by molar-refractivity contribution is -0.122. The van der Waals surface area contributed by atoms with Crippen LogP contribution in [0.1, 0.15) is 23.7 Å². The molecule has 108 valence electrons. The topological polar surface area (TPSA) is 55.8 Å². The van der Waals surface area contributed by atoms with Gasteiger partial charge in [0.2, 0.25) is 5.91 Å². The van der Waals surface area contributed by atoms with E-state index in [-0.39, 0.29) is 11.8 Å². The van der Waals surface area contributed by atoms with Crippen molar-refractivity contribution < 1.29 is 19.1 Å². The van der Waals surface area contributed by atoms with Crippen molar-refractivity contribution in [2.45, 2.75) is 13.3 Å². The van der Waals surface area contributed by atoms with E-state index in [0.717, 1.165) is 6.42 Å². The fraction of sp³-hybridized carbons (Fsp3) is 0.467. The Kier molecular flexibility index (Phi) is 4.74. The number of hydrogen-bond donors (Lipinski definition) is 0. The molecule has 1 atom stereocenters. The highest BCUT2D eigenvalue weighted by Gasteiger charge is 2.29. The van der Waals surface area contributed by atoms with Gasteiger partial charge in [-0.1, -0.05) is 12.1 Å². The molecule has 0 saturated carbocycles. The summed E-state index contributed by atoms with van der Waals surface area (Å²) in [5, 5.41) is 0. The molecule has 0 aromatic heterocycles. The van der Waals surface area contributed by atoms with Crippen molar-refractivity contribution >= 4 is 17.6 Å². The zero-order valence-electron chi connectivity index (χ0n) is 11.8. The molecular formula is C15H19NO4. The zero-order valence-corrected chi connectivity index (χ0v) is 11.8. The second-order valence-corrected chi connectivity index (χ2v) is 4.65. The lowest BCUT2D eigenvalue weighted by atomic mass is 10.1. The smallest absolute Gasteiger partial charge is 0.339 e. The van der Waals surface area contributed by atoms with E-state index in [1.54, 1.807) is 23.1 Å². The van der Waals surface area contributed by atoms with E-state index >= 15 is 0 Å². The van der Waals surface area contributed by atoms with Gasteiger partial charge in [0, 0.05) is 13.2 Å². The maximum Gasteiger partial charge on any atom is 0.339 e. The van der Waals surface area contributed by atoms with Crippen molar-refractivity contribution in [3.63, 3.8) is 0 Å². The number of para-hydroxylation sites is 1. The molecule has 1 aliphatic heterocycles. The third-order valence-electron chi connectivity index (χ3n) is 3.46. The van der Waals surface area contributed by atoms with Crippen molar-refractivity contribution in [1.29, 1.82) is 0 Å². The first-order valence-electron chi connectivity index (χ1n) is 6.75. The monoisotopic (exact) mass is 277 g/mol. The third kappa shape index (κ3) is 2.82. The molecule has 1 saturated heterocycles. The number of esters is 1. The second-order valence-electron chi connectivity index (χ2n) is 4.65. The standard InChI is InChI=1S/C15H19NO4/c1-3-16(14(17)11-8-9-20-10-11)13-7-5-4-6-12(13)15(18)19-2/h4-7,11H,3,8-10H2,1-2H3/t11-/m1/s1. The van der Waals surface area contributed by atoms with E-state index < -0.39 is 5.97 Å². The fourth-order valence-electron chi connectivity index (χ4n) is 2.39. The molecule has 0 aliphatic carbocycles. The summed E-state index contributed by atoms with van der Waals surface area (Å²) in [6.07, 6.45) is 0.732. The third-order valence-corrected chi connectivity index (χ3v) is 3.46. The van der Waals surface area contributed by atoms with Crippen molar-refractivity contribution in [1.82, 2.24) is 0 Å². The van der Waals surface area contributed by atoms with E-state index in [2.05, 4.69) is 0 Å². The number of amides is 1. The molecule has 20 heavy (non-hydrogen) atoms. The number of ether oxygens (including phenoxy) is 2. The molecule has 1 aromatic carbocycles. The highest BCUT2D eigenvalue weighted by Crippen LogP contribution is 2.25. The van der Waals surface area contributed by atoms with Crippen LogP contribution in [-0.4, -0.2) is 38.7 Å². The molecule has 2 rings (SSSR count). The Morgan fingerprint density at radius 1 is 1.40 bits per heavy atom. The zero-order chi connectivity index (χ0) is 14.5. The number of nitrogens with zero attached hydrogens (tertiary/aromatic N) is 1. The lowest BCUT2D eigenvalue weighted by Gasteiger charge is -2.25. The Morgan fingerprint density at radius 2 is 2.15 bits per heavy atom. The van der Waals surface area contributed by atoms with Crippen molar-refractivity contribution in [2.75, 3.05) is 31.8 Å². The molecule has 0 spiro atoms. The normalized spacial score (nSPS) is 17.8. The van der Waals surface area contributed by atoms with Crippen LogP contribution >= 0.6 is 0 Å². The SMILES string of the molecule is CCN(C(=O)[C@@H]1CCOC1)c1ccccc1C(=O)OC. The van der Waals surface area contributed by atoms with Gasteiger partial charge in [-0.2, -0.15) is 0 Å². The molecule has 0 unspecified atom stereocenters. The number of hydrogen-bond acceptors (Lipinski definition) is 4. The number of methoxy groups -OCH3 is 1. The van der Waals surface area contributed by atoms with E-state index in [1.165, 1.54) is 7.11 Å². The number of carbonyl (C=O) groups is 2. The molecule has 1 aromatic rings. The predicted molar refractivity (Wildman–Crippen MR) is 74.7 cm³/mol. The average molecular weight is 277 g/mol. The van der Waals surface area contributed by atoms with Gasteiger partial charge in [-0.05, 0) is 25.5 Å². The minimum Gasteiger partial charge on any atom is -0.465 e. The Morgan fingerprint density at radius 3 is 2.75 bits per heavy atom. The molecule has 1 heterocycles. The van der Waals surface area contributed by atoms with Gasteiger partial charge in [-0.25, -0.2) is 4.79 Å². The number of anilines is 1. The molecule has 1 aliphatic rings. The van der Waals surface area contributed by atoms with Crippen LogP contribution in [0.5, 0.6) is 0 Å². The van der Waals surface area contributed by atoms with Crippen LogP contribution < -0.4 is 4.90 Å². The molecule has 0 N–H and O–H groups in total. The second kappa shape index (κ2) is 6.52. The number of rotatable bonds is 4. The van der Waals surface area contributed by atoms with Gasteiger partial charge in [-0.15, -0.1) is 0 Å². The summed E-state index contributed by atoms with van der Waals surface area (Å²) >= 11 is 0. The van der Waals surface area contributed by atoms with E-state index in [1.807, 2.05) is 13.0 Å². The predicted octanol–water partition coefficient (Wildman–Crippen LogP) is 1.86. The summed E-state index contributed by atoms with van der Waals surface area (Å²) in [5.41, 5.74) is 1.00. The minimum absolute atomic E-state index is 0.00125. The molecule has 1 fully saturated rings. The summed E-state index contributed by atoms with van der Waals surface area (Å²) in [7, 11) is 1.34. The van der Waals surface area contributed by atoms with Crippen LogP contribution in [0.25, 0.3) is 0 Å². The van der Waals surface area contributed by atoms with Crippen LogP contribution in [0.3, 0.4) is 0 Å². The highest BCUT2D eigenvalue weighted by molar-refractivity contribution is 6.03. The molecule has 1 amide bonds. The first kappa shape index (κ1) is 14.5. The van der Waals surface area contributed by atoms with Crippen molar-refractivity contribution in [3.05, 3.63) is 29.8 Å². The average Bonchev–Trinajstić information content (AvgIpc) is 3.02. The number of carbonyl (C=O) groups excluding carboxylic acids is 2. The van der Waals surface area contributed by atoms with Crippen LogP contribution in [0.2, 0.25) is 0 Å². The van der Waals surface area contributed by atoms with Crippen LogP contribution in [0, 0.1) is 5.92 Å². The van der Waals surface area contributed by atoms with Crippen molar-refractivity contribution in [3.8, 4) is 0 Å². The fourth-order valence-corrected chi connectivity index (χ4v) is 2.39. The van der Waals surface area contributed by atoms with E-state index in [9.17, 15) is 9.59 Å². The van der Waals surface area contributed by atoms with Crippen LogP contribution in [-0.2, 0) is 14.3 Å². The van der Waals surface area contributed by atoms with Gasteiger partial charge in [0.05, 0.1) is 30.9 Å². The lowest BCUT2D eigenvalue weighted by Crippen LogP contribution is -2.37. The minimum atomic E-state index is -0.436. The molecule has 5 nitrogen and oxygen atoms in total. The molecular weight excluding hydrogens is 258 g/mol. The maximum atomic E-state index is 12.5. The molecule has 5 heteroatoms. The Hall–Kier alpha value is -1.88. The molecule has 0 bridgehead atoms. The van der Waals surface area contributed by atoms with E-state index in [4.69, 9.17) is 9.47 Å². The summed E-state index contributed by atoms with van der Waals surface area (Å²) < 4.78 is 10.0. The van der Waals surface area contributed by atoms with Gasteiger partial charge in [0.1, 0.15) is 0 Å². The Bertz CT molecular complexity index is 494. The largest absolute Gasteiger partial charge is 0.465 e. The maximum absolute atomic E-state index is 12.5. The van der Waals surface area contributed by atoms with Gasteiger partial charge in [-0.3, -0.25) is 4.79 Å². The van der Waals surface area contributed by atoms with Gasteiger partial charge in [0.15, 0.2) is 0 Å². The quantitative estimate of drug-likeness (QED) is 0.788. The number of benzene rings is 1.